The zero-order valence-corrected chi connectivity index (χ0v) is 21.1. The van der Waals surface area contributed by atoms with Crippen molar-refractivity contribution in [3.05, 3.63) is 41.7 Å². The fourth-order valence-corrected chi connectivity index (χ4v) is 5.08. The number of amides is 1. The Balaban J connectivity index is 1.27. The topological polar surface area (TPSA) is 115 Å². The summed E-state index contributed by atoms with van der Waals surface area (Å²) in [7, 11) is 0. The maximum absolute atomic E-state index is 12.1. The first-order chi connectivity index (χ1) is 16.8. The monoisotopic (exact) mass is 482 g/mol. The highest BCUT2D eigenvalue weighted by Crippen LogP contribution is 2.44. The van der Waals surface area contributed by atoms with Gasteiger partial charge >= 0.3 is 6.01 Å². The zero-order chi connectivity index (χ0) is 25.0. The molecule has 8 nitrogen and oxygen atoms in total. The smallest absolute Gasteiger partial charge is 0.324 e. The number of piperidine rings is 1. The second-order valence-corrected chi connectivity index (χ2v) is 10.4. The summed E-state index contributed by atoms with van der Waals surface area (Å²) < 4.78 is 11.5. The van der Waals surface area contributed by atoms with E-state index in [1.54, 1.807) is 0 Å². The predicted octanol–water partition coefficient (Wildman–Crippen LogP) is 4.16. The normalized spacial score (nSPS) is 22.2. The third-order valence-corrected chi connectivity index (χ3v) is 7.80. The number of aliphatic hydroxyl groups is 1. The summed E-state index contributed by atoms with van der Waals surface area (Å²) in [6, 6.07) is 8.82. The second kappa shape index (κ2) is 10.8. The van der Waals surface area contributed by atoms with Gasteiger partial charge in [0.25, 0.3) is 0 Å². The maximum atomic E-state index is 12.1. The Morgan fingerprint density at radius 2 is 1.97 bits per heavy atom. The molecule has 1 fully saturated rings. The highest BCUT2D eigenvalue weighted by Gasteiger charge is 2.42. The number of carbonyl (C=O) groups excluding carboxylic acids is 1. The minimum Gasteiger partial charge on any atom is -0.493 e. The molecule has 1 aliphatic carbocycles. The van der Waals surface area contributed by atoms with Crippen molar-refractivity contribution in [1.29, 1.82) is 0 Å². The van der Waals surface area contributed by atoms with Gasteiger partial charge in [0.15, 0.2) is 5.82 Å². The van der Waals surface area contributed by atoms with Crippen LogP contribution in [0.3, 0.4) is 0 Å². The van der Waals surface area contributed by atoms with Crippen molar-refractivity contribution in [3.63, 3.8) is 0 Å². The Morgan fingerprint density at radius 1 is 1.26 bits per heavy atom. The van der Waals surface area contributed by atoms with Crippen LogP contribution in [0.5, 0.6) is 5.75 Å². The van der Waals surface area contributed by atoms with Crippen LogP contribution < -0.4 is 15.4 Å². The van der Waals surface area contributed by atoms with E-state index < -0.39 is 5.41 Å². The summed E-state index contributed by atoms with van der Waals surface area (Å²) in [5.74, 6) is 1.91. The summed E-state index contributed by atoms with van der Waals surface area (Å²) in [5.41, 5.74) is 7.42. The van der Waals surface area contributed by atoms with Gasteiger partial charge in [-0.2, -0.15) is 4.98 Å². The molecule has 2 aromatic rings. The molecule has 0 bridgehead atoms. The maximum Gasteiger partial charge on any atom is 0.324 e. The number of primary amides is 1. The van der Waals surface area contributed by atoms with Gasteiger partial charge in [0.2, 0.25) is 5.91 Å². The zero-order valence-electron chi connectivity index (χ0n) is 21.1. The van der Waals surface area contributed by atoms with Crippen LogP contribution in [0.1, 0.15) is 70.2 Å². The van der Waals surface area contributed by atoms with Gasteiger partial charge in [-0.1, -0.05) is 44.1 Å². The number of hydrogen-bond donors (Lipinski definition) is 2. The number of carbonyl (C=O) groups is 1. The van der Waals surface area contributed by atoms with E-state index in [1.165, 1.54) is 5.57 Å². The Labute approximate surface area is 207 Å². The molecule has 1 aliphatic heterocycles. The molecule has 0 spiro atoms. The van der Waals surface area contributed by atoms with Crippen molar-refractivity contribution in [3.8, 4) is 5.75 Å². The molecule has 1 aromatic carbocycles. The lowest BCUT2D eigenvalue weighted by molar-refractivity contribution is -0.132. The van der Waals surface area contributed by atoms with Gasteiger partial charge < -0.3 is 25.0 Å². The molecule has 2 aliphatic rings. The molecule has 4 rings (SSSR count). The lowest BCUT2D eigenvalue weighted by Gasteiger charge is -2.38. The highest BCUT2D eigenvalue weighted by molar-refractivity contribution is 5.83. The molecule has 190 valence electrons. The number of nitrogens with zero attached hydrogens (tertiary/aromatic N) is 3. The molecule has 0 radical (unpaired) electrons. The van der Waals surface area contributed by atoms with Crippen molar-refractivity contribution in [2.24, 2.45) is 23.0 Å². The summed E-state index contributed by atoms with van der Waals surface area (Å²) in [6.07, 6.45) is 6.16. The molecule has 2 heterocycles. The van der Waals surface area contributed by atoms with E-state index in [0.717, 1.165) is 49.5 Å². The SMILES string of the molecule is CC(C)c1noc(N2CCC(COc3ccc(C4=CCC(C(N)=O)([C@H](C)CO)CC4)cc3)CC2)n1. The largest absolute Gasteiger partial charge is 0.493 e. The van der Waals surface area contributed by atoms with Gasteiger partial charge in [-0.15, -0.1) is 0 Å². The van der Waals surface area contributed by atoms with Crippen molar-refractivity contribution < 1.29 is 19.2 Å². The minimum absolute atomic E-state index is 0.0345. The highest BCUT2D eigenvalue weighted by atomic mass is 16.5. The van der Waals surface area contributed by atoms with Crippen LogP contribution in [-0.4, -0.2) is 47.5 Å². The second-order valence-electron chi connectivity index (χ2n) is 10.4. The number of anilines is 1. The molecule has 2 atom stereocenters. The number of allylic oxidation sites excluding steroid dienone is 2. The Kier molecular flexibility index (Phi) is 7.79. The number of ether oxygens (including phenoxy) is 1. The number of rotatable bonds is 9. The van der Waals surface area contributed by atoms with Gasteiger partial charge in [-0.3, -0.25) is 4.79 Å². The first-order valence-corrected chi connectivity index (χ1v) is 12.7. The summed E-state index contributed by atoms with van der Waals surface area (Å²) >= 11 is 0. The molecule has 3 N–H and O–H groups in total. The molecule has 1 unspecified atom stereocenters. The van der Waals surface area contributed by atoms with Crippen LogP contribution in [0.25, 0.3) is 5.57 Å². The number of hydrogen-bond acceptors (Lipinski definition) is 7. The number of aromatic nitrogens is 2. The average Bonchev–Trinajstić information content (AvgIpc) is 3.38. The molecule has 1 saturated heterocycles. The summed E-state index contributed by atoms with van der Waals surface area (Å²) in [6.45, 7) is 8.46. The fourth-order valence-electron chi connectivity index (χ4n) is 5.08. The summed E-state index contributed by atoms with van der Waals surface area (Å²) in [5, 5.41) is 13.7. The van der Waals surface area contributed by atoms with Crippen LogP contribution >= 0.6 is 0 Å². The molecular weight excluding hydrogens is 444 g/mol. The van der Waals surface area contributed by atoms with Crippen LogP contribution in [0.2, 0.25) is 0 Å². The van der Waals surface area contributed by atoms with E-state index in [1.807, 2.05) is 19.1 Å². The first kappa shape index (κ1) is 25.2. The minimum atomic E-state index is -0.656. The lowest BCUT2D eigenvalue weighted by Crippen LogP contribution is -2.44. The van der Waals surface area contributed by atoms with Crippen molar-refractivity contribution in [1.82, 2.24) is 10.1 Å². The van der Waals surface area contributed by atoms with Crippen LogP contribution in [0.15, 0.2) is 34.9 Å². The van der Waals surface area contributed by atoms with Crippen LogP contribution in [0, 0.1) is 17.3 Å². The van der Waals surface area contributed by atoms with E-state index in [9.17, 15) is 9.90 Å². The third kappa shape index (κ3) is 5.53. The number of nitrogens with two attached hydrogens (primary N) is 1. The predicted molar refractivity (Wildman–Crippen MR) is 135 cm³/mol. The van der Waals surface area contributed by atoms with Crippen LogP contribution in [-0.2, 0) is 4.79 Å². The molecule has 0 saturated carbocycles. The lowest BCUT2D eigenvalue weighted by atomic mass is 9.66. The van der Waals surface area contributed by atoms with Gasteiger partial charge in [0.1, 0.15) is 5.75 Å². The van der Waals surface area contributed by atoms with E-state index in [4.69, 9.17) is 15.0 Å². The third-order valence-electron chi connectivity index (χ3n) is 7.80. The number of benzene rings is 1. The standard InChI is InChI=1S/C27H38N4O4/c1-18(2)24-29-26(35-30-24)31-14-10-20(11-15-31)17-34-23-6-4-21(5-7-23)22-8-12-27(13-9-22,25(28)33)19(3)16-32/h4-8,18-20,32H,9-17H2,1-3H3,(H2,28,33)/t19-,27?/m1/s1. The van der Waals surface area contributed by atoms with E-state index in [-0.39, 0.29) is 24.3 Å². The van der Waals surface area contributed by atoms with E-state index >= 15 is 0 Å². The van der Waals surface area contributed by atoms with Crippen molar-refractivity contribution in [2.75, 3.05) is 31.2 Å². The van der Waals surface area contributed by atoms with E-state index in [0.29, 0.717) is 31.4 Å². The Bertz CT molecular complexity index is 1020. The van der Waals surface area contributed by atoms with Crippen molar-refractivity contribution in [2.45, 2.75) is 58.8 Å². The number of aliphatic hydroxyl groups excluding tert-OH is 1. The molecule has 1 aromatic heterocycles. The molecule has 35 heavy (non-hydrogen) atoms. The molecular formula is C27H38N4O4. The molecule has 1 amide bonds. The first-order valence-electron chi connectivity index (χ1n) is 12.7. The van der Waals surface area contributed by atoms with Gasteiger partial charge in [-0.05, 0) is 67.2 Å². The Hall–Kier alpha value is -2.87. The Morgan fingerprint density at radius 3 is 2.51 bits per heavy atom. The van der Waals surface area contributed by atoms with E-state index in [2.05, 4.69) is 47.1 Å². The van der Waals surface area contributed by atoms with Crippen molar-refractivity contribution >= 4 is 17.5 Å². The quantitative estimate of drug-likeness (QED) is 0.551. The average molecular weight is 483 g/mol. The summed E-state index contributed by atoms with van der Waals surface area (Å²) in [4.78, 5) is 18.8. The van der Waals surface area contributed by atoms with Crippen LogP contribution in [0.4, 0.5) is 6.01 Å². The van der Waals surface area contributed by atoms with Gasteiger partial charge in [0, 0.05) is 25.6 Å². The fraction of sp³-hybridized carbons (Fsp3) is 0.593. The molecule has 8 heteroatoms. The van der Waals surface area contributed by atoms with Gasteiger partial charge in [-0.25, -0.2) is 0 Å². The van der Waals surface area contributed by atoms with Gasteiger partial charge in [0.05, 0.1) is 12.0 Å².